The van der Waals surface area contributed by atoms with Gasteiger partial charge in [0.15, 0.2) is 0 Å². The van der Waals surface area contributed by atoms with E-state index in [-0.39, 0.29) is 11.8 Å². The summed E-state index contributed by atoms with van der Waals surface area (Å²) in [6.45, 7) is 1.72. The predicted molar refractivity (Wildman–Crippen MR) is 120 cm³/mol. The first kappa shape index (κ1) is 21.4. The Hall–Kier alpha value is -4.31. The number of para-hydroxylation sites is 1. The van der Waals surface area contributed by atoms with E-state index in [9.17, 15) is 9.59 Å². The number of nitrogens with zero attached hydrogens (tertiary/aromatic N) is 1. The second kappa shape index (κ2) is 9.94. The van der Waals surface area contributed by atoms with Crippen molar-refractivity contribution in [2.75, 3.05) is 23.1 Å². The number of hydrogen-bond donors (Lipinski definition) is 3. The van der Waals surface area contributed by atoms with E-state index in [4.69, 9.17) is 10.00 Å². The molecular weight excluding hydrogens is 392 g/mol. The molecule has 0 aliphatic heterocycles. The molecule has 3 aromatic carbocycles. The van der Waals surface area contributed by atoms with Crippen LogP contribution in [0.1, 0.15) is 22.8 Å². The number of nitriles is 1. The van der Waals surface area contributed by atoms with E-state index in [0.717, 1.165) is 0 Å². The number of ether oxygens (including phenoxy) is 1. The van der Waals surface area contributed by atoms with Crippen LogP contribution in [-0.4, -0.2) is 25.0 Å². The Morgan fingerprint density at radius 3 is 2.19 bits per heavy atom. The fourth-order valence-electron chi connectivity index (χ4n) is 2.84. The molecular formula is C24H22N4O3. The Morgan fingerprint density at radius 1 is 0.903 bits per heavy atom. The summed E-state index contributed by atoms with van der Waals surface area (Å²) in [5.41, 5.74) is 2.71. The van der Waals surface area contributed by atoms with Gasteiger partial charge in [-0.1, -0.05) is 12.1 Å². The lowest BCUT2D eigenvalue weighted by atomic mass is 10.1. The first-order chi connectivity index (χ1) is 15.0. The van der Waals surface area contributed by atoms with Crippen molar-refractivity contribution in [3.05, 3.63) is 83.9 Å². The lowest BCUT2D eigenvalue weighted by Gasteiger charge is -2.16. The number of hydrogen-bond acceptors (Lipinski definition) is 5. The predicted octanol–water partition coefficient (Wildman–Crippen LogP) is 4.26. The first-order valence-corrected chi connectivity index (χ1v) is 9.62. The highest BCUT2D eigenvalue weighted by molar-refractivity contribution is 6.04. The second-order valence-electron chi connectivity index (χ2n) is 6.77. The Morgan fingerprint density at radius 2 is 1.55 bits per heavy atom. The number of carbonyl (C=O) groups excluding carboxylic acids is 2. The van der Waals surface area contributed by atoms with Crippen LogP contribution in [0.2, 0.25) is 0 Å². The van der Waals surface area contributed by atoms with Gasteiger partial charge in [-0.3, -0.25) is 9.59 Å². The first-order valence-electron chi connectivity index (χ1n) is 9.62. The highest BCUT2D eigenvalue weighted by Gasteiger charge is 2.15. The van der Waals surface area contributed by atoms with Crippen LogP contribution in [0.3, 0.4) is 0 Å². The van der Waals surface area contributed by atoms with E-state index in [1.165, 1.54) is 0 Å². The van der Waals surface area contributed by atoms with Crippen molar-refractivity contribution >= 4 is 28.9 Å². The van der Waals surface area contributed by atoms with Crippen LogP contribution < -0.4 is 20.7 Å². The average molecular weight is 414 g/mol. The van der Waals surface area contributed by atoms with Crippen molar-refractivity contribution in [1.82, 2.24) is 0 Å². The molecule has 0 spiro atoms. The Bertz CT molecular complexity index is 1100. The number of amides is 2. The maximum atomic E-state index is 12.5. The number of nitrogens with one attached hydrogen (secondary N) is 3. The summed E-state index contributed by atoms with van der Waals surface area (Å²) >= 11 is 0. The highest BCUT2D eigenvalue weighted by Crippen LogP contribution is 2.18. The Labute approximate surface area is 180 Å². The van der Waals surface area contributed by atoms with E-state index in [1.54, 1.807) is 86.8 Å². The number of carbonyl (C=O) groups is 2. The van der Waals surface area contributed by atoms with E-state index in [1.807, 2.05) is 0 Å². The molecule has 3 N–H and O–H groups in total. The molecule has 0 aliphatic rings. The summed E-state index contributed by atoms with van der Waals surface area (Å²) in [4.78, 5) is 24.9. The minimum Gasteiger partial charge on any atom is -0.497 e. The van der Waals surface area contributed by atoms with Crippen LogP contribution in [0.5, 0.6) is 5.75 Å². The van der Waals surface area contributed by atoms with Crippen LogP contribution in [0.25, 0.3) is 0 Å². The van der Waals surface area contributed by atoms with Crippen molar-refractivity contribution in [2.24, 2.45) is 0 Å². The van der Waals surface area contributed by atoms with E-state index in [2.05, 4.69) is 22.0 Å². The Balaban J connectivity index is 1.58. The molecule has 0 radical (unpaired) electrons. The van der Waals surface area contributed by atoms with Crippen molar-refractivity contribution in [3.63, 3.8) is 0 Å². The summed E-state index contributed by atoms with van der Waals surface area (Å²) in [5.74, 6) is 0.197. The smallest absolute Gasteiger partial charge is 0.255 e. The van der Waals surface area contributed by atoms with Gasteiger partial charge in [0, 0.05) is 16.9 Å². The molecule has 31 heavy (non-hydrogen) atoms. The fourth-order valence-corrected chi connectivity index (χ4v) is 2.84. The van der Waals surface area contributed by atoms with Crippen molar-refractivity contribution in [1.29, 1.82) is 5.26 Å². The summed E-state index contributed by atoms with van der Waals surface area (Å²) in [6.07, 6.45) is 0. The lowest BCUT2D eigenvalue weighted by Crippen LogP contribution is -2.32. The molecule has 0 heterocycles. The molecule has 3 rings (SSSR count). The number of benzene rings is 3. The van der Waals surface area contributed by atoms with Gasteiger partial charge in [0.1, 0.15) is 17.9 Å². The van der Waals surface area contributed by atoms with Crippen LogP contribution in [0.15, 0.2) is 72.8 Å². The van der Waals surface area contributed by atoms with Gasteiger partial charge in [-0.05, 0) is 67.6 Å². The van der Waals surface area contributed by atoms with Gasteiger partial charge in [-0.15, -0.1) is 0 Å². The molecule has 0 aliphatic carbocycles. The fraction of sp³-hybridized carbons (Fsp3) is 0.125. The van der Waals surface area contributed by atoms with Gasteiger partial charge < -0.3 is 20.7 Å². The zero-order valence-electron chi connectivity index (χ0n) is 17.2. The second-order valence-corrected chi connectivity index (χ2v) is 6.77. The largest absolute Gasteiger partial charge is 0.497 e. The van der Waals surface area contributed by atoms with Crippen molar-refractivity contribution in [3.8, 4) is 11.8 Å². The maximum Gasteiger partial charge on any atom is 0.255 e. The molecule has 0 unspecified atom stereocenters. The standard InChI is InChI=1S/C24H22N4O3/c1-16(23(29)28-22-6-4-3-5-18(22)15-25)26-19-9-7-17(8-10-19)24(30)27-20-11-13-21(31-2)14-12-20/h3-14,16,26H,1-2H3,(H,27,30)(H,28,29)/t16-/m0/s1. The molecule has 7 heteroatoms. The molecule has 0 saturated carbocycles. The zero-order valence-corrected chi connectivity index (χ0v) is 17.2. The average Bonchev–Trinajstić information content (AvgIpc) is 2.80. The lowest BCUT2D eigenvalue weighted by molar-refractivity contribution is -0.116. The normalized spacial score (nSPS) is 11.0. The molecule has 0 aromatic heterocycles. The molecule has 0 saturated heterocycles. The molecule has 1 atom stereocenters. The van der Waals surface area contributed by atoms with Gasteiger partial charge in [-0.2, -0.15) is 5.26 Å². The maximum absolute atomic E-state index is 12.5. The molecule has 0 fully saturated rings. The third-order valence-electron chi connectivity index (χ3n) is 4.58. The summed E-state index contributed by atoms with van der Waals surface area (Å²) < 4.78 is 5.10. The third kappa shape index (κ3) is 5.61. The van der Waals surface area contributed by atoms with Crippen LogP contribution in [0.4, 0.5) is 17.1 Å². The van der Waals surface area contributed by atoms with Gasteiger partial charge >= 0.3 is 0 Å². The number of methoxy groups -OCH3 is 1. The SMILES string of the molecule is COc1ccc(NC(=O)c2ccc(N[C@@H](C)C(=O)Nc3ccccc3C#N)cc2)cc1. The topological polar surface area (TPSA) is 103 Å². The summed E-state index contributed by atoms with van der Waals surface area (Å²) in [7, 11) is 1.58. The summed E-state index contributed by atoms with van der Waals surface area (Å²) in [6, 6.07) is 22.2. The molecule has 156 valence electrons. The van der Waals surface area contributed by atoms with Gasteiger partial charge in [-0.25, -0.2) is 0 Å². The summed E-state index contributed by atoms with van der Waals surface area (Å²) in [5, 5.41) is 17.8. The molecule has 2 amide bonds. The highest BCUT2D eigenvalue weighted by atomic mass is 16.5. The van der Waals surface area contributed by atoms with E-state index >= 15 is 0 Å². The minimum atomic E-state index is -0.550. The Kier molecular flexibility index (Phi) is 6.86. The third-order valence-corrected chi connectivity index (χ3v) is 4.58. The van der Waals surface area contributed by atoms with Gasteiger partial charge in [0.25, 0.3) is 5.91 Å². The van der Waals surface area contributed by atoms with Crippen LogP contribution in [0, 0.1) is 11.3 Å². The zero-order chi connectivity index (χ0) is 22.2. The number of rotatable bonds is 7. The van der Waals surface area contributed by atoms with Crippen molar-refractivity contribution < 1.29 is 14.3 Å². The molecule has 7 nitrogen and oxygen atoms in total. The molecule has 3 aromatic rings. The van der Waals surface area contributed by atoms with Crippen molar-refractivity contribution in [2.45, 2.75) is 13.0 Å². The number of anilines is 3. The quantitative estimate of drug-likeness (QED) is 0.536. The minimum absolute atomic E-state index is 0.240. The van der Waals surface area contributed by atoms with Gasteiger partial charge in [0.05, 0.1) is 18.4 Å². The molecule has 0 bridgehead atoms. The van der Waals surface area contributed by atoms with Crippen LogP contribution >= 0.6 is 0 Å². The van der Waals surface area contributed by atoms with E-state index in [0.29, 0.717) is 33.9 Å². The van der Waals surface area contributed by atoms with E-state index < -0.39 is 6.04 Å². The van der Waals surface area contributed by atoms with Crippen LogP contribution in [-0.2, 0) is 4.79 Å². The van der Waals surface area contributed by atoms with Gasteiger partial charge in [0.2, 0.25) is 5.91 Å². The monoisotopic (exact) mass is 414 g/mol.